The van der Waals surface area contributed by atoms with Gasteiger partial charge in [-0.15, -0.1) is 0 Å². The Labute approximate surface area is 87.7 Å². The Balaban J connectivity index is 2.62. The lowest BCUT2D eigenvalue weighted by Gasteiger charge is -2.05. The molecule has 0 nitrogen and oxygen atoms in total. The average molecular weight is 200 g/mol. The summed E-state index contributed by atoms with van der Waals surface area (Å²) in [5.41, 5.74) is 3.33. The average Bonchev–Trinajstić information content (AvgIpc) is 2.13. The molecule has 0 saturated carbocycles. The molecule has 0 bridgehead atoms. The Bertz CT molecular complexity index is 358. The molecular weight excluding hydrogens is 184 g/mol. The fraction of sp³-hybridized carbons (Fsp3) is 0.231. The molecule has 0 spiro atoms. The van der Waals surface area contributed by atoms with Gasteiger partial charge in [0.25, 0.3) is 0 Å². The first kappa shape index (κ1) is 10.8. The van der Waals surface area contributed by atoms with E-state index in [2.05, 4.69) is 37.2 Å². The number of benzene rings is 1. The molecule has 0 aliphatic heterocycles. The Morgan fingerprint density at radius 3 is 2.29 bits per heavy atom. The third-order valence-electron chi connectivity index (χ3n) is 1.66. The molecule has 0 aromatic heterocycles. The molecule has 0 unspecified atom stereocenters. The molecule has 72 valence electrons. The van der Waals surface area contributed by atoms with Crippen molar-refractivity contribution in [3.05, 3.63) is 47.7 Å². The lowest BCUT2D eigenvalue weighted by molar-refractivity contribution is 1.65. The first-order chi connectivity index (χ1) is 6.58. The van der Waals surface area contributed by atoms with Crippen LogP contribution in [0.2, 0.25) is 19.6 Å². The van der Waals surface area contributed by atoms with Gasteiger partial charge in [0.15, 0.2) is 0 Å². The van der Waals surface area contributed by atoms with Gasteiger partial charge in [-0.3, -0.25) is 0 Å². The zero-order valence-corrected chi connectivity index (χ0v) is 10.0. The summed E-state index contributed by atoms with van der Waals surface area (Å²) in [6.45, 7) is 6.90. The molecule has 1 aromatic rings. The molecule has 0 amide bonds. The van der Waals surface area contributed by atoms with Crippen molar-refractivity contribution in [3.8, 4) is 11.8 Å². The van der Waals surface area contributed by atoms with E-state index in [0.29, 0.717) is 0 Å². The van der Waals surface area contributed by atoms with Crippen LogP contribution in [0.4, 0.5) is 0 Å². The van der Waals surface area contributed by atoms with E-state index in [9.17, 15) is 0 Å². The summed E-state index contributed by atoms with van der Waals surface area (Å²) >= 11 is 0. The van der Waals surface area contributed by atoms with Crippen LogP contribution in [0.25, 0.3) is 0 Å². The lowest BCUT2D eigenvalue weighted by Crippen LogP contribution is -2.14. The van der Waals surface area contributed by atoms with Gasteiger partial charge in [-0.1, -0.05) is 55.4 Å². The Kier molecular flexibility index (Phi) is 3.73. The highest BCUT2D eigenvalue weighted by Crippen LogP contribution is 2.01. The smallest absolute Gasteiger partial charge is 0.0695 e. The van der Waals surface area contributed by atoms with Crippen LogP contribution >= 0.6 is 0 Å². The zero-order valence-electron chi connectivity index (χ0n) is 9.04. The van der Waals surface area contributed by atoms with Gasteiger partial charge in [-0.05, 0) is 18.2 Å². The summed E-state index contributed by atoms with van der Waals surface area (Å²) < 4.78 is 0. The van der Waals surface area contributed by atoms with E-state index in [1.807, 2.05) is 36.4 Å². The zero-order chi connectivity index (χ0) is 10.4. The third-order valence-corrected chi connectivity index (χ3v) is 2.82. The van der Waals surface area contributed by atoms with E-state index in [1.165, 1.54) is 0 Å². The van der Waals surface area contributed by atoms with Crippen molar-refractivity contribution in [2.45, 2.75) is 19.6 Å². The van der Waals surface area contributed by atoms with Crippen LogP contribution in [0.5, 0.6) is 0 Å². The van der Waals surface area contributed by atoms with Crippen molar-refractivity contribution in [1.29, 1.82) is 0 Å². The minimum absolute atomic E-state index is 1.08. The fourth-order valence-electron chi connectivity index (χ4n) is 0.938. The van der Waals surface area contributed by atoms with Crippen molar-refractivity contribution >= 4 is 8.07 Å². The summed E-state index contributed by atoms with van der Waals surface area (Å²) in [6.07, 6.45) is 1.99. The van der Waals surface area contributed by atoms with Gasteiger partial charge in [0.05, 0.1) is 8.07 Å². The summed E-state index contributed by atoms with van der Waals surface area (Å²) in [5.74, 6) is 6.17. The molecule has 0 N–H and O–H groups in total. The van der Waals surface area contributed by atoms with Crippen LogP contribution in [0.15, 0.2) is 42.1 Å². The van der Waals surface area contributed by atoms with Crippen LogP contribution in [0.1, 0.15) is 5.56 Å². The maximum absolute atomic E-state index is 3.10. The molecule has 0 saturated heterocycles. The van der Waals surface area contributed by atoms with Gasteiger partial charge in [0.2, 0.25) is 0 Å². The Morgan fingerprint density at radius 2 is 1.71 bits per heavy atom. The molecule has 1 rings (SSSR count). The van der Waals surface area contributed by atoms with Crippen LogP contribution in [-0.2, 0) is 0 Å². The standard InChI is InChI=1S/C13H16Si/c1-14(2,3)12-8-7-11-13-9-5-4-6-10-13/h4-6,8-10,12H,1-3H3/b12-8+. The highest BCUT2D eigenvalue weighted by atomic mass is 28.3. The molecule has 0 radical (unpaired) electrons. The molecule has 0 atom stereocenters. The van der Waals surface area contributed by atoms with E-state index in [1.54, 1.807) is 0 Å². The summed E-state index contributed by atoms with van der Waals surface area (Å²) in [7, 11) is -1.08. The van der Waals surface area contributed by atoms with Crippen molar-refractivity contribution in [1.82, 2.24) is 0 Å². The fourth-order valence-corrected chi connectivity index (χ4v) is 1.52. The second kappa shape index (κ2) is 4.83. The van der Waals surface area contributed by atoms with Crippen LogP contribution in [-0.4, -0.2) is 8.07 Å². The minimum Gasteiger partial charge on any atom is -0.0868 e. The normalized spacial score (nSPS) is 11.1. The van der Waals surface area contributed by atoms with E-state index in [4.69, 9.17) is 0 Å². The molecule has 14 heavy (non-hydrogen) atoms. The van der Waals surface area contributed by atoms with Gasteiger partial charge < -0.3 is 0 Å². The molecule has 0 aliphatic rings. The molecule has 1 aromatic carbocycles. The van der Waals surface area contributed by atoms with Crippen LogP contribution < -0.4 is 0 Å². The summed E-state index contributed by atoms with van der Waals surface area (Å²) in [5, 5.41) is 0. The van der Waals surface area contributed by atoms with Gasteiger partial charge in [-0.25, -0.2) is 0 Å². The second-order valence-electron chi connectivity index (χ2n) is 4.33. The highest BCUT2D eigenvalue weighted by molar-refractivity contribution is 6.81. The van der Waals surface area contributed by atoms with Gasteiger partial charge >= 0.3 is 0 Å². The first-order valence-corrected chi connectivity index (χ1v) is 8.40. The summed E-state index contributed by atoms with van der Waals surface area (Å²) in [4.78, 5) is 0. The number of rotatable bonds is 1. The molecular formula is C13H16Si. The van der Waals surface area contributed by atoms with Gasteiger partial charge in [0, 0.05) is 5.56 Å². The van der Waals surface area contributed by atoms with Crippen LogP contribution in [0, 0.1) is 11.8 Å². The first-order valence-electron chi connectivity index (χ1n) is 4.82. The van der Waals surface area contributed by atoms with Crippen molar-refractivity contribution in [3.63, 3.8) is 0 Å². The largest absolute Gasteiger partial charge is 0.0868 e. The number of hydrogen-bond acceptors (Lipinski definition) is 0. The van der Waals surface area contributed by atoms with E-state index in [-0.39, 0.29) is 0 Å². The second-order valence-corrected chi connectivity index (χ2v) is 9.40. The Morgan fingerprint density at radius 1 is 1.07 bits per heavy atom. The lowest BCUT2D eigenvalue weighted by atomic mass is 10.2. The predicted octanol–water partition coefficient (Wildman–Crippen LogP) is 3.47. The van der Waals surface area contributed by atoms with Crippen LogP contribution in [0.3, 0.4) is 0 Å². The third kappa shape index (κ3) is 4.69. The Hall–Kier alpha value is -1.26. The SMILES string of the molecule is C[Si](C)(C)/C=C/C#Cc1ccccc1. The van der Waals surface area contributed by atoms with E-state index >= 15 is 0 Å². The van der Waals surface area contributed by atoms with E-state index < -0.39 is 8.07 Å². The molecule has 0 fully saturated rings. The topological polar surface area (TPSA) is 0 Å². The highest BCUT2D eigenvalue weighted by Gasteiger charge is 2.05. The van der Waals surface area contributed by atoms with E-state index in [0.717, 1.165) is 5.56 Å². The molecule has 1 heteroatoms. The number of hydrogen-bond donors (Lipinski definition) is 0. The van der Waals surface area contributed by atoms with Crippen molar-refractivity contribution in [2.24, 2.45) is 0 Å². The minimum atomic E-state index is -1.08. The molecule has 0 aliphatic carbocycles. The van der Waals surface area contributed by atoms with Crippen molar-refractivity contribution in [2.75, 3.05) is 0 Å². The molecule has 0 heterocycles. The van der Waals surface area contributed by atoms with Gasteiger partial charge in [0.1, 0.15) is 0 Å². The predicted molar refractivity (Wildman–Crippen MR) is 65.8 cm³/mol. The van der Waals surface area contributed by atoms with Crippen molar-refractivity contribution < 1.29 is 0 Å². The maximum Gasteiger partial charge on any atom is 0.0695 e. The summed E-state index contributed by atoms with van der Waals surface area (Å²) in [6, 6.07) is 10.1. The monoisotopic (exact) mass is 200 g/mol. The maximum atomic E-state index is 3.10. The van der Waals surface area contributed by atoms with Gasteiger partial charge in [-0.2, -0.15) is 0 Å². The number of allylic oxidation sites excluding steroid dienone is 1. The quantitative estimate of drug-likeness (QED) is 0.481.